The lowest BCUT2D eigenvalue weighted by atomic mass is 10.1. The van der Waals surface area contributed by atoms with Crippen LogP contribution in [-0.4, -0.2) is 48.6 Å². The van der Waals surface area contributed by atoms with Crippen LogP contribution in [0.3, 0.4) is 0 Å². The van der Waals surface area contributed by atoms with E-state index in [1.165, 1.54) is 6.07 Å². The zero-order chi connectivity index (χ0) is 16.1. The number of ether oxygens (including phenoxy) is 1. The maximum Gasteiger partial charge on any atom is 0.237 e. The van der Waals surface area contributed by atoms with Gasteiger partial charge in [-0.05, 0) is 13.0 Å². The van der Waals surface area contributed by atoms with Crippen molar-refractivity contribution >= 4 is 11.8 Å². The number of nitrogens with zero attached hydrogens (tertiary/aromatic N) is 1. The summed E-state index contributed by atoms with van der Waals surface area (Å²) in [5, 5.41) is 2.65. The summed E-state index contributed by atoms with van der Waals surface area (Å²) in [5.41, 5.74) is 5.78. The summed E-state index contributed by atoms with van der Waals surface area (Å²) in [7, 11) is 0. The third kappa shape index (κ3) is 4.02. The van der Waals surface area contributed by atoms with Gasteiger partial charge in [-0.3, -0.25) is 14.5 Å². The molecule has 0 radical (unpaired) electrons. The minimum Gasteiger partial charge on any atom is -0.375 e. The minimum atomic E-state index is -0.632. The highest BCUT2D eigenvalue weighted by Crippen LogP contribution is 2.13. The average Bonchev–Trinajstić information content (AvgIpc) is 2.46. The molecule has 0 saturated carbocycles. The molecule has 0 aliphatic carbocycles. The molecule has 1 aromatic rings. The largest absolute Gasteiger partial charge is 0.375 e. The van der Waals surface area contributed by atoms with Gasteiger partial charge in [-0.15, -0.1) is 0 Å². The topological polar surface area (TPSA) is 84.7 Å². The van der Waals surface area contributed by atoms with Crippen molar-refractivity contribution in [3.8, 4) is 0 Å². The first-order valence-electron chi connectivity index (χ1n) is 7.14. The molecular formula is C15H20FN3O3. The van der Waals surface area contributed by atoms with Gasteiger partial charge in [0.25, 0.3) is 0 Å². The fourth-order valence-electron chi connectivity index (χ4n) is 2.55. The summed E-state index contributed by atoms with van der Waals surface area (Å²) in [5.74, 6) is -1.17. The van der Waals surface area contributed by atoms with Crippen LogP contribution in [0.25, 0.3) is 0 Å². The number of hydrogen-bond acceptors (Lipinski definition) is 4. The molecule has 1 aliphatic rings. The van der Waals surface area contributed by atoms with Crippen molar-refractivity contribution in [2.45, 2.75) is 25.6 Å². The van der Waals surface area contributed by atoms with Crippen molar-refractivity contribution in [2.24, 2.45) is 5.73 Å². The maximum absolute atomic E-state index is 13.5. The van der Waals surface area contributed by atoms with Gasteiger partial charge in [0.05, 0.1) is 19.3 Å². The fourth-order valence-corrected chi connectivity index (χ4v) is 2.55. The Balaban J connectivity index is 1.90. The Kier molecular flexibility index (Phi) is 5.46. The van der Waals surface area contributed by atoms with Crippen LogP contribution in [0.1, 0.15) is 12.5 Å². The zero-order valence-corrected chi connectivity index (χ0v) is 12.4. The van der Waals surface area contributed by atoms with E-state index in [9.17, 15) is 14.0 Å². The number of halogens is 1. The first kappa shape index (κ1) is 16.4. The number of primary amides is 1. The van der Waals surface area contributed by atoms with Crippen molar-refractivity contribution < 1.29 is 18.7 Å². The van der Waals surface area contributed by atoms with Crippen molar-refractivity contribution in [3.05, 3.63) is 35.6 Å². The predicted octanol–water partition coefficient (Wildman–Crippen LogP) is 0.0165. The molecule has 0 spiro atoms. The molecule has 3 N–H and O–H groups in total. The monoisotopic (exact) mass is 309 g/mol. The van der Waals surface area contributed by atoms with Gasteiger partial charge in [-0.1, -0.05) is 18.2 Å². The predicted molar refractivity (Wildman–Crippen MR) is 78.2 cm³/mol. The summed E-state index contributed by atoms with van der Waals surface area (Å²) < 4.78 is 18.9. The lowest BCUT2D eigenvalue weighted by Gasteiger charge is -2.37. The second-order valence-electron chi connectivity index (χ2n) is 5.26. The second-order valence-corrected chi connectivity index (χ2v) is 5.26. The summed E-state index contributed by atoms with van der Waals surface area (Å²) in [4.78, 5) is 25.2. The van der Waals surface area contributed by atoms with E-state index >= 15 is 0 Å². The quantitative estimate of drug-likeness (QED) is 0.803. The minimum absolute atomic E-state index is 0.0236. The lowest BCUT2D eigenvalue weighted by Crippen LogP contribution is -2.58. The first-order chi connectivity index (χ1) is 10.5. The second kappa shape index (κ2) is 7.33. The Morgan fingerprint density at radius 3 is 2.86 bits per heavy atom. The van der Waals surface area contributed by atoms with E-state index in [1.807, 2.05) is 0 Å². The van der Waals surface area contributed by atoms with Crippen LogP contribution in [0.4, 0.5) is 4.39 Å². The highest BCUT2D eigenvalue weighted by atomic mass is 19.1. The molecule has 120 valence electrons. The molecule has 0 unspecified atom stereocenters. The van der Waals surface area contributed by atoms with Crippen LogP contribution in [0.2, 0.25) is 0 Å². The zero-order valence-electron chi connectivity index (χ0n) is 12.4. The van der Waals surface area contributed by atoms with Gasteiger partial charge in [0.1, 0.15) is 11.9 Å². The standard InChI is InChI=1S/C15H20FN3O3/c1-10-14(15(17)21)19(6-7-22-10)9-13(20)18-8-11-4-2-3-5-12(11)16/h2-5,10,14H,6-9H2,1H3,(H2,17,21)(H,18,20)/t10-,14+/m1/s1. The highest BCUT2D eigenvalue weighted by Gasteiger charge is 2.34. The van der Waals surface area contributed by atoms with Gasteiger partial charge in [0, 0.05) is 18.7 Å². The smallest absolute Gasteiger partial charge is 0.237 e. The molecule has 1 saturated heterocycles. The van der Waals surface area contributed by atoms with E-state index < -0.39 is 11.9 Å². The molecule has 1 heterocycles. The Labute approximate surface area is 128 Å². The van der Waals surface area contributed by atoms with Crippen LogP contribution >= 0.6 is 0 Å². The average molecular weight is 309 g/mol. The summed E-state index contributed by atoms with van der Waals surface area (Å²) in [6.45, 7) is 2.76. The number of morpholine rings is 1. The van der Waals surface area contributed by atoms with Crippen molar-refractivity contribution in [1.82, 2.24) is 10.2 Å². The van der Waals surface area contributed by atoms with Crippen LogP contribution in [-0.2, 0) is 20.9 Å². The molecule has 1 aliphatic heterocycles. The van der Waals surface area contributed by atoms with E-state index in [1.54, 1.807) is 30.0 Å². The van der Waals surface area contributed by atoms with Crippen molar-refractivity contribution in [3.63, 3.8) is 0 Å². The Morgan fingerprint density at radius 2 is 2.18 bits per heavy atom. The number of carbonyl (C=O) groups is 2. The molecule has 6 nitrogen and oxygen atoms in total. The molecule has 7 heteroatoms. The van der Waals surface area contributed by atoms with Crippen LogP contribution < -0.4 is 11.1 Å². The molecule has 2 amide bonds. The Bertz CT molecular complexity index is 553. The third-order valence-electron chi connectivity index (χ3n) is 3.67. The van der Waals surface area contributed by atoms with Gasteiger partial charge in [0.15, 0.2) is 0 Å². The number of hydrogen-bond donors (Lipinski definition) is 2. The van der Waals surface area contributed by atoms with Gasteiger partial charge < -0.3 is 15.8 Å². The van der Waals surface area contributed by atoms with Crippen LogP contribution in [0.5, 0.6) is 0 Å². The Morgan fingerprint density at radius 1 is 1.45 bits per heavy atom. The molecule has 1 fully saturated rings. The third-order valence-corrected chi connectivity index (χ3v) is 3.67. The van der Waals surface area contributed by atoms with E-state index in [4.69, 9.17) is 10.5 Å². The van der Waals surface area contributed by atoms with Gasteiger partial charge in [0.2, 0.25) is 11.8 Å². The van der Waals surface area contributed by atoms with E-state index in [2.05, 4.69) is 5.32 Å². The number of nitrogens with one attached hydrogen (secondary N) is 1. The number of nitrogens with two attached hydrogens (primary N) is 1. The van der Waals surface area contributed by atoms with Crippen LogP contribution in [0, 0.1) is 5.82 Å². The van der Waals surface area contributed by atoms with E-state index in [0.29, 0.717) is 18.7 Å². The van der Waals surface area contributed by atoms with Crippen LogP contribution in [0.15, 0.2) is 24.3 Å². The van der Waals surface area contributed by atoms with E-state index in [0.717, 1.165) is 0 Å². The molecule has 0 aromatic heterocycles. The SMILES string of the molecule is C[C@H]1OCCN(CC(=O)NCc2ccccc2F)[C@@H]1C(N)=O. The molecule has 0 bridgehead atoms. The summed E-state index contributed by atoms with van der Waals surface area (Å²) in [6.07, 6.45) is -0.356. The Hall–Kier alpha value is -1.99. The van der Waals surface area contributed by atoms with Crippen molar-refractivity contribution in [1.29, 1.82) is 0 Å². The van der Waals surface area contributed by atoms with Gasteiger partial charge in [-0.25, -0.2) is 4.39 Å². The number of benzene rings is 1. The molecule has 22 heavy (non-hydrogen) atoms. The number of rotatable bonds is 5. The van der Waals surface area contributed by atoms with Gasteiger partial charge in [-0.2, -0.15) is 0 Å². The van der Waals surface area contributed by atoms with Gasteiger partial charge >= 0.3 is 0 Å². The normalized spacial score (nSPS) is 22.3. The number of carbonyl (C=O) groups excluding carboxylic acids is 2. The molecule has 2 rings (SSSR count). The lowest BCUT2D eigenvalue weighted by molar-refractivity contribution is -0.139. The fraction of sp³-hybridized carbons (Fsp3) is 0.467. The molecule has 2 atom stereocenters. The first-order valence-corrected chi connectivity index (χ1v) is 7.14. The molecular weight excluding hydrogens is 289 g/mol. The van der Waals surface area contributed by atoms with E-state index in [-0.39, 0.29) is 30.9 Å². The number of amides is 2. The molecule has 1 aromatic carbocycles. The summed E-state index contributed by atoms with van der Waals surface area (Å²) in [6, 6.07) is 5.62. The summed E-state index contributed by atoms with van der Waals surface area (Å²) >= 11 is 0. The highest BCUT2D eigenvalue weighted by molar-refractivity contribution is 5.83. The van der Waals surface area contributed by atoms with Crippen molar-refractivity contribution in [2.75, 3.05) is 19.7 Å². The maximum atomic E-state index is 13.5.